The predicted octanol–water partition coefficient (Wildman–Crippen LogP) is 2.19. The van der Waals surface area contributed by atoms with Crippen molar-refractivity contribution in [3.05, 3.63) is 35.1 Å². The second-order valence-corrected chi connectivity index (χ2v) is 6.19. The van der Waals surface area contributed by atoms with Gasteiger partial charge in [-0.05, 0) is 44.0 Å². The minimum Gasteiger partial charge on any atom is -0.478 e. The highest BCUT2D eigenvalue weighted by Crippen LogP contribution is 2.26. The molecule has 3 rings (SSSR count). The first-order chi connectivity index (χ1) is 10.0. The van der Waals surface area contributed by atoms with E-state index in [1.54, 1.807) is 6.07 Å². The summed E-state index contributed by atoms with van der Waals surface area (Å²) in [5, 5.41) is 8.87. The molecule has 2 aliphatic heterocycles. The predicted molar refractivity (Wildman–Crippen MR) is 77.8 cm³/mol. The number of piperazine rings is 1. The van der Waals surface area contributed by atoms with E-state index in [4.69, 9.17) is 5.11 Å². The maximum atomic E-state index is 13.8. The van der Waals surface area contributed by atoms with E-state index in [0.717, 1.165) is 18.7 Å². The highest BCUT2D eigenvalue weighted by atomic mass is 19.1. The van der Waals surface area contributed by atoms with E-state index in [1.165, 1.54) is 31.5 Å². The molecular formula is C16H21FN2O2. The zero-order chi connectivity index (χ0) is 15.0. The first-order valence-electron chi connectivity index (χ1n) is 7.54. The highest BCUT2D eigenvalue weighted by Gasteiger charge is 2.34. The van der Waals surface area contributed by atoms with Crippen molar-refractivity contribution in [2.24, 2.45) is 0 Å². The monoisotopic (exact) mass is 292 g/mol. The fourth-order valence-corrected chi connectivity index (χ4v) is 3.53. The van der Waals surface area contributed by atoms with E-state index in [-0.39, 0.29) is 5.56 Å². The molecule has 1 aromatic carbocycles. The Morgan fingerprint density at radius 1 is 1.43 bits per heavy atom. The van der Waals surface area contributed by atoms with Gasteiger partial charge in [0.05, 0.1) is 5.56 Å². The van der Waals surface area contributed by atoms with Gasteiger partial charge in [0.15, 0.2) is 0 Å². The van der Waals surface area contributed by atoms with Crippen LogP contribution in [0.4, 0.5) is 4.39 Å². The largest absolute Gasteiger partial charge is 0.478 e. The number of hydrogen-bond acceptors (Lipinski definition) is 3. The number of fused-ring (bicyclic) bond motifs is 1. The molecule has 0 aliphatic carbocycles. The van der Waals surface area contributed by atoms with Crippen LogP contribution in [0, 0.1) is 5.82 Å². The lowest BCUT2D eigenvalue weighted by Crippen LogP contribution is -2.54. The van der Waals surface area contributed by atoms with Crippen LogP contribution in [0.1, 0.15) is 35.7 Å². The molecule has 1 aromatic rings. The Morgan fingerprint density at radius 2 is 2.24 bits per heavy atom. The minimum atomic E-state index is -1.22. The van der Waals surface area contributed by atoms with Crippen molar-refractivity contribution in [3.8, 4) is 0 Å². The first-order valence-corrected chi connectivity index (χ1v) is 7.54. The molecule has 2 aliphatic rings. The van der Waals surface area contributed by atoms with E-state index in [0.29, 0.717) is 18.6 Å². The lowest BCUT2D eigenvalue weighted by atomic mass is 10.1. The molecule has 2 fully saturated rings. The number of aromatic carboxylic acids is 1. The minimum absolute atomic E-state index is 0.257. The van der Waals surface area contributed by atoms with Crippen LogP contribution in [0.15, 0.2) is 18.2 Å². The van der Waals surface area contributed by atoms with Gasteiger partial charge in [-0.15, -0.1) is 0 Å². The van der Waals surface area contributed by atoms with Gasteiger partial charge in [-0.25, -0.2) is 9.18 Å². The maximum absolute atomic E-state index is 13.8. The molecule has 4 nitrogen and oxygen atoms in total. The maximum Gasteiger partial charge on any atom is 0.338 e. The second kappa shape index (κ2) is 5.73. The topological polar surface area (TPSA) is 43.8 Å². The normalized spacial score (nSPS) is 26.8. The van der Waals surface area contributed by atoms with Gasteiger partial charge < -0.3 is 5.11 Å². The molecule has 0 spiro atoms. The molecule has 2 heterocycles. The molecule has 0 bridgehead atoms. The average Bonchev–Trinajstić information content (AvgIpc) is 2.86. The zero-order valence-corrected chi connectivity index (χ0v) is 12.3. The Balaban J connectivity index is 1.71. The number of benzene rings is 1. The summed E-state index contributed by atoms with van der Waals surface area (Å²) < 4.78 is 13.8. The summed E-state index contributed by atoms with van der Waals surface area (Å²) in [6, 6.07) is 5.52. The van der Waals surface area contributed by atoms with Gasteiger partial charge in [-0.3, -0.25) is 9.80 Å². The number of carboxylic acids is 1. The van der Waals surface area contributed by atoms with E-state index in [9.17, 15) is 9.18 Å². The van der Waals surface area contributed by atoms with Gasteiger partial charge >= 0.3 is 5.97 Å². The highest BCUT2D eigenvalue weighted by molar-refractivity contribution is 5.87. The van der Waals surface area contributed by atoms with Crippen molar-refractivity contribution >= 4 is 5.97 Å². The summed E-state index contributed by atoms with van der Waals surface area (Å²) in [6.07, 6.45) is 2.52. The molecule has 0 saturated carbocycles. The number of carbonyl (C=O) groups is 1. The Labute approximate surface area is 124 Å². The molecule has 5 heteroatoms. The van der Waals surface area contributed by atoms with E-state index in [2.05, 4.69) is 16.7 Å². The molecule has 21 heavy (non-hydrogen) atoms. The lowest BCUT2D eigenvalue weighted by molar-refractivity contribution is 0.0539. The molecule has 2 atom stereocenters. The smallest absolute Gasteiger partial charge is 0.338 e. The fraction of sp³-hybridized carbons (Fsp3) is 0.562. The third-order valence-corrected chi connectivity index (χ3v) is 4.72. The Kier molecular flexibility index (Phi) is 3.95. The lowest BCUT2D eigenvalue weighted by Gasteiger charge is -2.42. The van der Waals surface area contributed by atoms with Crippen molar-refractivity contribution < 1.29 is 14.3 Å². The molecule has 114 valence electrons. The Bertz CT molecular complexity index is 549. The van der Waals surface area contributed by atoms with Crippen LogP contribution >= 0.6 is 0 Å². The summed E-state index contributed by atoms with van der Waals surface area (Å²) in [5.74, 6) is -1.86. The van der Waals surface area contributed by atoms with Crippen LogP contribution in [-0.4, -0.2) is 52.6 Å². The van der Waals surface area contributed by atoms with Gasteiger partial charge in [-0.2, -0.15) is 0 Å². The molecule has 2 saturated heterocycles. The number of hydrogen-bond donors (Lipinski definition) is 1. The molecule has 1 N–H and O–H groups in total. The number of halogens is 1. The van der Waals surface area contributed by atoms with Crippen molar-refractivity contribution in [1.29, 1.82) is 0 Å². The third-order valence-electron chi connectivity index (χ3n) is 4.72. The molecule has 2 unspecified atom stereocenters. The number of nitrogens with zero attached hydrogens (tertiary/aromatic N) is 2. The summed E-state index contributed by atoms with van der Waals surface area (Å²) in [5.41, 5.74) is 0.586. The van der Waals surface area contributed by atoms with Gasteiger partial charge in [0.1, 0.15) is 5.82 Å². The summed E-state index contributed by atoms with van der Waals surface area (Å²) in [4.78, 5) is 15.8. The summed E-state index contributed by atoms with van der Waals surface area (Å²) in [6.45, 7) is 6.17. The van der Waals surface area contributed by atoms with Crippen LogP contribution < -0.4 is 0 Å². The van der Waals surface area contributed by atoms with E-state index >= 15 is 0 Å². The summed E-state index contributed by atoms with van der Waals surface area (Å²) in [7, 11) is 0. The van der Waals surface area contributed by atoms with Gasteiger partial charge in [0, 0.05) is 31.7 Å². The van der Waals surface area contributed by atoms with Crippen molar-refractivity contribution in [3.63, 3.8) is 0 Å². The Hall–Kier alpha value is -1.46. The van der Waals surface area contributed by atoms with Gasteiger partial charge in [0.2, 0.25) is 0 Å². The van der Waals surface area contributed by atoms with Crippen LogP contribution in [0.2, 0.25) is 0 Å². The third kappa shape index (κ3) is 2.94. The van der Waals surface area contributed by atoms with Crippen LogP contribution in [0.5, 0.6) is 0 Å². The van der Waals surface area contributed by atoms with Crippen molar-refractivity contribution in [2.45, 2.75) is 38.4 Å². The van der Waals surface area contributed by atoms with Crippen LogP contribution in [0.3, 0.4) is 0 Å². The summed E-state index contributed by atoms with van der Waals surface area (Å²) >= 11 is 0. The number of rotatable bonds is 3. The average molecular weight is 292 g/mol. The second-order valence-electron chi connectivity index (χ2n) is 6.19. The molecule has 0 amide bonds. The quantitative estimate of drug-likeness (QED) is 0.927. The van der Waals surface area contributed by atoms with E-state index < -0.39 is 11.8 Å². The van der Waals surface area contributed by atoms with Crippen molar-refractivity contribution in [2.75, 3.05) is 19.6 Å². The van der Waals surface area contributed by atoms with Crippen LogP contribution in [0.25, 0.3) is 0 Å². The number of carboxylic acid groups (broad SMARTS) is 1. The zero-order valence-electron chi connectivity index (χ0n) is 12.3. The van der Waals surface area contributed by atoms with E-state index in [1.807, 2.05) is 0 Å². The van der Waals surface area contributed by atoms with Crippen molar-refractivity contribution in [1.82, 2.24) is 9.80 Å². The standard InChI is InChI=1S/C16H21FN2O2/c1-11-8-18-6-2-3-13(18)10-19(11)9-12-4-5-14(16(20)21)15(17)7-12/h4-5,7,11,13H,2-3,6,8-10H2,1H3,(H,20,21). The Morgan fingerprint density at radius 3 is 2.95 bits per heavy atom. The first kappa shape index (κ1) is 14.5. The molecule has 0 radical (unpaired) electrons. The SMILES string of the molecule is CC1CN2CCCC2CN1Cc1ccc(C(=O)O)c(F)c1. The molecule has 0 aromatic heterocycles. The fourth-order valence-electron chi connectivity index (χ4n) is 3.53. The van der Waals surface area contributed by atoms with Gasteiger partial charge in [-0.1, -0.05) is 6.07 Å². The van der Waals surface area contributed by atoms with Crippen LogP contribution in [-0.2, 0) is 6.54 Å². The van der Waals surface area contributed by atoms with Gasteiger partial charge in [0.25, 0.3) is 0 Å². The molecular weight excluding hydrogens is 271 g/mol.